The van der Waals surface area contributed by atoms with E-state index in [9.17, 15) is 0 Å². The summed E-state index contributed by atoms with van der Waals surface area (Å²) in [6.45, 7) is 0.918. The Morgan fingerprint density at radius 3 is 3.12 bits per heavy atom. The summed E-state index contributed by atoms with van der Waals surface area (Å²) in [4.78, 5) is 0. The van der Waals surface area contributed by atoms with Gasteiger partial charge < -0.3 is 4.42 Å². The zero-order chi connectivity index (χ0) is 11.5. The second-order valence-electron chi connectivity index (χ2n) is 4.13. The minimum Gasteiger partial charge on any atom is -0.424 e. The van der Waals surface area contributed by atoms with Crippen LogP contribution in [-0.4, -0.2) is 25.7 Å². The number of hydrogen-bond donors (Lipinski definition) is 0. The summed E-state index contributed by atoms with van der Waals surface area (Å²) < 4.78 is 7.51. The molecule has 0 aliphatic heterocycles. The predicted octanol–water partition coefficient (Wildman–Crippen LogP) is 2.08. The monoisotopic (exact) mass is 250 g/mol. The van der Waals surface area contributed by atoms with E-state index in [1.165, 1.54) is 12.8 Å². The third kappa shape index (κ3) is 2.88. The van der Waals surface area contributed by atoms with Crippen LogP contribution in [0.4, 0.5) is 0 Å². The fourth-order valence-corrected chi connectivity index (χ4v) is 2.32. The molecule has 0 saturated heterocycles. The summed E-state index contributed by atoms with van der Waals surface area (Å²) in [5.74, 6) is 3.92. The summed E-state index contributed by atoms with van der Waals surface area (Å²) in [7, 11) is 0. The molecule has 1 aliphatic carbocycles. The first-order valence-electron chi connectivity index (χ1n) is 5.79. The fourth-order valence-electron chi connectivity index (χ4n) is 1.57. The molecule has 2 aromatic rings. The molecule has 0 amide bonds. The molecule has 1 saturated carbocycles. The van der Waals surface area contributed by atoms with E-state index in [1.807, 2.05) is 16.9 Å². The lowest BCUT2D eigenvalue weighted by Crippen LogP contribution is -2.00. The van der Waals surface area contributed by atoms with Gasteiger partial charge in [-0.25, -0.2) is 0 Å². The number of rotatable bonds is 6. The minimum absolute atomic E-state index is 0.547. The second-order valence-corrected chi connectivity index (χ2v) is 5.24. The van der Waals surface area contributed by atoms with Crippen molar-refractivity contribution >= 4 is 11.8 Å². The molecule has 0 N–H and O–H groups in total. The molecule has 0 spiro atoms. The van der Waals surface area contributed by atoms with Crippen molar-refractivity contribution in [3.05, 3.63) is 30.2 Å². The van der Waals surface area contributed by atoms with Gasteiger partial charge in [-0.15, -0.1) is 10.2 Å². The number of aromatic nitrogens is 4. The van der Waals surface area contributed by atoms with E-state index in [-0.39, 0.29) is 0 Å². The van der Waals surface area contributed by atoms with Crippen molar-refractivity contribution in [2.75, 3.05) is 5.75 Å². The third-order valence-electron chi connectivity index (χ3n) is 2.66. The van der Waals surface area contributed by atoms with Gasteiger partial charge in [-0.05, 0) is 18.9 Å². The fraction of sp³-hybridized carbons (Fsp3) is 0.545. The molecule has 0 atom stereocenters. The van der Waals surface area contributed by atoms with Gasteiger partial charge in [-0.2, -0.15) is 16.9 Å². The Kier molecular flexibility index (Phi) is 3.13. The van der Waals surface area contributed by atoms with E-state index in [0.717, 1.165) is 29.8 Å². The predicted molar refractivity (Wildman–Crippen MR) is 64.7 cm³/mol. The molecule has 0 bridgehead atoms. The lowest BCUT2D eigenvalue weighted by Gasteiger charge is -1.99. The van der Waals surface area contributed by atoms with Crippen LogP contribution < -0.4 is 0 Å². The summed E-state index contributed by atoms with van der Waals surface area (Å²) in [6, 6.07) is 1.94. The second kappa shape index (κ2) is 4.91. The van der Waals surface area contributed by atoms with Crippen molar-refractivity contribution < 1.29 is 4.42 Å². The van der Waals surface area contributed by atoms with Gasteiger partial charge in [-0.1, -0.05) is 0 Å². The molecular weight excluding hydrogens is 236 g/mol. The highest BCUT2D eigenvalue weighted by molar-refractivity contribution is 7.98. The first-order chi connectivity index (χ1) is 8.42. The Morgan fingerprint density at radius 1 is 1.41 bits per heavy atom. The Hall–Kier alpha value is -1.30. The Labute approximate surface area is 104 Å². The van der Waals surface area contributed by atoms with Gasteiger partial charge in [0.1, 0.15) is 0 Å². The zero-order valence-corrected chi connectivity index (χ0v) is 10.3. The van der Waals surface area contributed by atoms with Gasteiger partial charge in [0.2, 0.25) is 11.8 Å². The topological polar surface area (TPSA) is 56.7 Å². The van der Waals surface area contributed by atoms with E-state index >= 15 is 0 Å². The molecule has 0 unspecified atom stereocenters. The first-order valence-corrected chi connectivity index (χ1v) is 6.95. The van der Waals surface area contributed by atoms with Gasteiger partial charge >= 0.3 is 0 Å². The van der Waals surface area contributed by atoms with Crippen LogP contribution >= 0.6 is 11.8 Å². The maximum absolute atomic E-state index is 5.58. The van der Waals surface area contributed by atoms with Crippen LogP contribution in [0.3, 0.4) is 0 Å². The highest BCUT2D eigenvalue weighted by Gasteiger charge is 2.29. The zero-order valence-electron chi connectivity index (χ0n) is 9.45. The van der Waals surface area contributed by atoms with Crippen molar-refractivity contribution in [3.8, 4) is 0 Å². The van der Waals surface area contributed by atoms with Gasteiger partial charge in [0, 0.05) is 30.6 Å². The van der Waals surface area contributed by atoms with Crippen molar-refractivity contribution in [2.45, 2.75) is 31.1 Å². The van der Waals surface area contributed by atoms with Crippen LogP contribution in [0.1, 0.15) is 30.5 Å². The van der Waals surface area contributed by atoms with E-state index in [1.54, 1.807) is 18.0 Å². The summed E-state index contributed by atoms with van der Waals surface area (Å²) in [6.07, 6.45) is 6.17. The van der Waals surface area contributed by atoms with Crippen LogP contribution in [0.2, 0.25) is 0 Å². The number of aryl methyl sites for hydroxylation is 1. The molecule has 1 aliphatic rings. The molecule has 17 heavy (non-hydrogen) atoms. The summed E-state index contributed by atoms with van der Waals surface area (Å²) in [5.41, 5.74) is 0. The number of nitrogens with zero attached hydrogens (tertiary/aromatic N) is 4. The standard InChI is InChI=1S/C11H14N4OS/c1-4-12-15(5-1)6-7-17-8-10-13-14-11(16-10)9-2-3-9/h1,4-5,9H,2-3,6-8H2. The molecule has 2 heterocycles. The van der Waals surface area contributed by atoms with Crippen LogP contribution in [0.25, 0.3) is 0 Å². The van der Waals surface area contributed by atoms with Crippen molar-refractivity contribution in [2.24, 2.45) is 0 Å². The highest BCUT2D eigenvalue weighted by atomic mass is 32.2. The normalized spacial score (nSPS) is 15.3. The molecule has 1 fully saturated rings. The number of hydrogen-bond acceptors (Lipinski definition) is 5. The third-order valence-corrected chi connectivity index (χ3v) is 3.58. The Bertz CT molecular complexity index is 464. The SMILES string of the molecule is c1cnn(CCSCc2nnc(C3CC3)o2)c1. The van der Waals surface area contributed by atoms with E-state index in [4.69, 9.17) is 4.42 Å². The Balaban J connectivity index is 1.41. The lowest BCUT2D eigenvalue weighted by molar-refractivity contribution is 0.466. The largest absolute Gasteiger partial charge is 0.424 e. The summed E-state index contributed by atoms with van der Waals surface area (Å²) in [5, 5.41) is 12.3. The lowest BCUT2D eigenvalue weighted by atomic mass is 10.4. The van der Waals surface area contributed by atoms with E-state index in [2.05, 4.69) is 15.3 Å². The van der Waals surface area contributed by atoms with Crippen LogP contribution in [0.15, 0.2) is 22.9 Å². The summed E-state index contributed by atoms with van der Waals surface area (Å²) >= 11 is 1.79. The Morgan fingerprint density at radius 2 is 2.35 bits per heavy atom. The molecule has 6 heteroatoms. The van der Waals surface area contributed by atoms with Gasteiger partial charge in [0.25, 0.3) is 0 Å². The van der Waals surface area contributed by atoms with Crippen LogP contribution in [0, 0.1) is 0 Å². The van der Waals surface area contributed by atoms with Gasteiger partial charge in [-0.3, -0.25) is 4.68 Å². The molecule has 2 aromatic heterocycles. The van der Waals surface area contributed by atoms with E-state index in [0.29, 0.717) is 5.92 Å². The average molecular weight is 250 g/mol. The smallest absolute Gasteiger partial charge is 0.226 e. The molecule has 0 aromatic carbocycles. The molecule has 90 valence electrons. The molecule has 5 nitrogen and oxygen atoms in total. The number of thioether (sulfide) groups is 1. The first kappa shape index (κ1) is 10.8. The maximum Gasteiger partial charge on any atom is 0.226 e. The highest BCUT2D eigenvalue weighted by Crippen LogP contribution is 2.39. The van der Waals surface area contributed by atoms with E-state index < -0.39 is 0 Å². The average Bonchev–Trinajstić information content (AvgIpc) is 2.89. The van der Waals surface area contributed by atoms with Gasteiger partial charge in [0.05, 0.1) is 5.75 Å². The molecule has 0 radical (unpaired) electrons. The quantitative estimate of drug-likeness (QED) is 0.735. The van der Waals surface area contributed by atoms with Crippen molar-refractivity contribution in [1.82, 2.24) is 20.0 Å². The van der Waals surface area contributed by atoms with Crippen molar-refractivity contribution in [1.29, 1.82) is 0 Å². The van der Waals surface area contributed by atoms with Crippen LogP contribution in [-0.2, 0) is 12.3 Å². The van der Waals surface area contributed by atoms with Gasteiger partial charge in [0.15, 0.2) is 0 Å². The van der Waals surface area contributed by atoms with Crippen molar-refractivity contribution in [3.63, 3.8) is 0 Å². The minimum atomic E-state index is 0.547. The molecular formula is C11H14N4OS. The maximum atomic E-state index is 5.58. The molecule has 3 rings (SSSR count). The van der Waals surface area contributed by atoms with Crippen LogP contribution in [0.5, 0.6) is 0 Å².